The minimum atomic E-state index is -0.451. The molecule has 1 N–H and O–H groups in total. The second kappa shape index (κ2) is 9.41. The van der Waals surface area contributed by atoms with Gasteiger partial charge in [-0.1, -0.05) is 6.92 Å². The Morgan fingerprint density at radius 3 is 2.57 bits per heavy atom. The van der Waals surface area contributed by atoms with Crippen LogP contribution in [0, 0.1) is 6.92 Å². The minimum Gasteiger partial charge on any atom is -0.497 e. The highest BCUT2D eigenvalue weighted by Gasteiger charge is 2.37. The first-order valence-electron chi connectivity index (χ1n) is 11.6. The largest absolute Gasteiger partial charge is 0.497 e. The van der Waals surface area contributed by atoms with Crippen LogP contribution in [0.25, 0.3) is 6.08 Å². The Kier molecular flexibility index (Phi) is 6.68. The summed E-state index contributed by atoms with van der Waals surface area (Å²) in [5.41, 5.74) is 5.01. The number of benzene rings is 2. The van der Waals surface area contributed by atoms with Gasteiger partial charge < -0.3 is 15.0 Å². The number of fused-ring (bicyclic) bond motifs is 1. The van der Waals surface area contributed by atoms with Crippen LogP contribution < -0.4 is 15.0 Å². The lowest BCUT2D eigenvalue weighted by atomic mass is 9.79. The molecule has 8 heteroatoms. The first kappa shape index (κ1) is 24.9. The topological polar surface area (TPSA) is 79.0 Å². The van der Waals surface area contributed by atoms with Gasteiger partial charge in [0, 0.05) is 24.0 Å². The van der Waals surface area contributed by atoms with E-state index in [2.05, 4.69) is 50.2 Å². The molecular formula is C27H31N3O4S. The van der Waals surface area contributed by atoms with Crippen molar-refractivity contribution in [3.63, 3.8) is 0 Å². The van der Waals surface area contributed by atoms with Crippen LogP contribution in [0.1, 0.15) is 49.8 Å². The number of amides is 3. The normalized spacial score (nSPS) is 20.3. The van der Waals surface area contributed by atoms with Crippen LogP contribution in [0.4, 0.5) is 16.2 Å². The molecule has 1 atom stereocenters. The highest BCUT2D eigenvalue weighted by molar-refractivity contribution is 8.18. The van der Waals surface area contributed by atoms with Crippen LogP contribution in [0.2, 0.25) is 0 Å². The monoisotopic (exact) mass is 493 g/mol. The van der Waals surface area contributed by atoms with Crippen molar-refractivity contribution in [2.45, 2.75) is 45.6 Å². The SMILES string of the molecule is COc1ccc(NC(=O)CN2C(=O)S/C(=C/c3cc4c(cc3C)N(C)C(C)(C)CC4C)C2=O)cc1. The summed E-state index contributed by atoms with van der Waals surface area (Å²) < 4.78 is 5.11. The van der Waals surface area contributed by atoms with E-state index < -0.39 is 17.1 Å². The van der Waals surface area contributed by atoms with E-state index in [0.29, 0.717) is 22.3 Å². The van der Waals surface area contributed by atoms with Crippen LogP contribution in [0.5, 0.6) is 5.75 Å². The van der Waals surface area contributed by atoms with Gasteiger partial charge in [-0.05, 0) is 104 Å². The standard InChI is InChI=1S/C27H31N3O4S/c1-16-11-22-21(17(2)14-27(3,4)29(22)5)12-18(16)13-23-25(32)30(26(33)35-23)15-24(31)28-19-7-9-20(34-6)10-8-19/h7-13,17H,14-15H2,1-6H3,(H,28,31)/b23-13+. The zero-order valence-electron chi connectivity index (χ0n) is 21.0. The molecule has 35 heavy (non-hydrogen) atoms. The van der Waals surface area contributed by atoms with Gasteiger partial charge in [0.1, 0.15) is 12.3 Å². The minimum absolute atomic E-state index is 0.0649. The van der Waals surface area contributed by atoms with Crippen LogP contribution in [0.3, 0.4) is 0 Å². The number of carbonyl (C=O) groups excluding carboxylic acids is 3. The van der Waals surface area contributed by atoms with Crippen LogP contribution in [-0.4, -0.2) is 48.2 Å². The Morgan fingerprint density at radius 1 is 1.23 bits per heavy atom. The Labute approximate surface area is 210 Å². The Morgan fingerprint density at radius 2 is 1.91 bits per heavy atom. The zero-order chi connectivity index (χ0) is 25.5. The summed E-state index contributed by atoms with van der Waals surface area (Å²) in [6, 6.07) is 11.1. The lowest BCUT2D eigenvalue weighted by Crippen LogP contribution is -2.45. The summed E-state index contributed by atoms with van der Waals surface area (Å²) in [6.45, 7) is 8.39. The molecule has 0 bridgehead atoms. The third-order valence-electron chi connectivity index (χ3n) is 6.86. The fourth-order valence-corrected chi connectivity index (χ4v) is 5.52. The number of imide groups is 1. The molecular weight excluding hydrogens is 462 g/mol. The first-order chi connectivity index (χ1) is 16.5. The summed E-state index contributed by atoms with van der Waals surface area (Å²) in [5.74, 6) is 0.151. The molecule has 2 aromatic rings. The molecule has 0 aromatic heterocycles. The average molecular weight is 494 g/mol. The predicted octanol–water partition coefficient (Wildman–Crippen LogP) is 5.40. The molecule has 2 aromatic carbocycles. The second-order valence-corrected chi connectivity index (χ2v) is 10.8. The average Bonchev–Trinajstić information content (AvgIpc) is 3.06. The molecule has 1 saturated heterocycles. The van der Waals surface area contributed by atoms with E-state index in [1.165, 1.54) is 11.3 Å². The van der Waals surface area contributed by atoms with Gasteiger partial charge in [0.25, 0.3) is 11.1 Å². The molecule has 7 nitrogen and oxygen atoms in total. The number of nitrogens with one attached hydrogen (secondary N) is 1. The van der Waals surface area contributed by atoms with Gasteiger partial charge in [-0.25, -0.2) is 0 Å². The summed E-state index contributed by atoms with van der Waals surface area (Å²) in [7, 11) is 3.68. The fraction of sp³-hybridized carbons (Fsp3) is 0.370. The number of anilines is 2. The van der Waals surface area contributed by atoms with E-state index in [4.69, 9.17) is 4.74 Å². The van der Waals surface area contributed by atoms with E-state index in [-0.39, 0.29) is 12.1 Å². The molecule has 4 rings (SSSR count). The van der Waals surface area contributed by atoms with Crippen molar-refractivity contribution in [1.82, 2.24) is 4.90 Å². The van der Waals surface area contributed by atoms with E-state index in [1.54, 1.807) is 37.5 Å². The molecule has 184 valence electrons. The fourth-order valence-electron chi connectivity index (χ4n) is 4.69. The first-order valence-corrected chi connectivity index (χ1v) is 12.4. The van der Waals surface area contributed by atoms with Crippen molar-refractivity contribution in [1.29, 1.82) is 0 Å². The van der Waals surface area contributed by atoms with Crippen LogP contribution in [-0.2, 0) is 9.59 Å². The lowest BCUT2D eigenvalue weighted by Gasteiger charge is -2.45. The van der Waals surface area contributed by atoms with Crippen molar-refractivity contribution in [2.24, 2.45) is 0 Å². The molecule has 0 spiro atoms. The van der Waals surface area contributed by atoms with Gasteiger partial charge in [0.15, 0.2) is 0 Å². The van der Waals surface area contributed by atoms with Crippen molar-refractivity contribution >= 4 is 46.3 Å². The van der Waals surface area contributed by atoms with E-state index in [9.17, 15) is 14.4 Å². The number of hydrogen-bond donors (Lipinski definition) is 1. The Bertz CT molecular complexity index is 1220. The maximum Gasteiger partial charge on any atom is 0.294 e. The number of rotatable bonds is 5. The summed E-state index contributed by atoms with van der Waals surface area (Å²) in [4.78, 5) is 41.7. The summed E-state index contributed by atoms with van der Waals surface area (Å²) in [6.07, 6.45) is 2.80. The Balaban J connectivity index is 1.52. The van der Waals surface area contributed by atoms with Crippen molar-refractivity contribution in [3.8, 4) is 5.75 Å². The van der Waals surface area contributed by atoms with Gasteiger partial charge in [-0.3, -0.25) is 19.3 Å². The molecule has 3 amide bonds. The van der Waals surface area contributed by atoms with Gasteiger partial charge >= 0.3 is 0 Å². The summed E-state index contributed by atoms with van der Waals surface area (Å²) in [5, 5.41) is 2.26. The number of hydrogen-bond acceptors (Lipinski definition) is 6. The number of nitrogens with zero attached hydrogens (tertiary/aromatic N) is 2. The van der Waals surface area contributed by atoms with Gasteiger partial charge in [0.05, 0.1) is 12.0 Å². The Hall–Kier alpha value is -3.26. The van der Waals surface area contributed by atoms with Crippen molar-refractivity contribution < 1.29 is 19.1 Å². The number of ether oxygens (including phenoxy) is 1. The van der Waals surface area contributed by atoms with Crippen molar-refractivity contribution in [3.05, 3.63) is 58.0 Å². The van der Waals surface area contributed by atoms with Gasteiger partial charge in [-0.2, -0.15) is 0 Å². The van der Waals surface area contributed by atoms with Crippen LogP contribution in [0.15, 0.2) is 41.3 Å². The molecule has 0 radical (unpaired) electrons. The van der Waals surface area contributed by atoms with E-state index in [1.807, 2.05) is 6.92 Å². The second-order valence-electron chi connectivity index (χ2n) is 9.79. The highest BCUT2D eigenvalue weighted by Crippen LogP contribution is 2.44. The molecule has 1 unspecified atom stereocenters. The van der Waals surface area contributed by atoms with Crippen LogP contribution >= 0.6 is 11.8 Å². The number of methoxy groups -OCH3 is 1. The maximum atomic E-state index is 13.0. The van der Waals surface area contributed by atoms with Gasteiger partial charge in [-0.15, -0.1) is 0 Å². The highest BCUT2D eigenvalue weighted by atomic mass is 32.2. The van der Waals surface area contributed by atoms with Gasteiger partial charge in [0.2, 0.25) is 5.91 Å². The van der Waals surface area contributed by atoms with Crippen molar-refractivity contribution in [2.75, 3.05) is 30.9 Å². The number of carbonyl (C=O) groups is 3. The lowest BCUT2D eigenvalue weighted by molar-refractivity contribution is -0.127. The zero-order valence-corrected chi connectivity index (χ0v) is 21.8. The number of thioether (sulfide) groups is 1. The summed E-state index contributed by atoms with van der Waals surface area (Å²) >= 11 is 0.869. The number of aryl methyl sites for hydroxylation is 1. The third-order valence-corrected chi connectivity index (χ3v) is 7.76. The quantitative estimate of drug-likeness (QED) is 0.562. The maximum absolute atomic E-state index is 13.0. The molecule has 2 heterocycles. The van der Waals surface area contributed by atoms with E-state index >= 15 is 0 Å². The molecule has 0 aliphatic carbocycles. The predicted molar refractivity (Wildman–Crippen MR) is 141 cm³/mol. The molecule has 2 aliphatic heterocycles. The molecule has 1 fully saturated rings. The van der Waals surface area contributed by atoms with E-state index in [0.717, 1.165) is 34.2 Å². The molecule has 0 saturated carbocycles. The molecule has 2 aliphatic rings. The smallest absolute Gasteiger partial charge is 0.294 e. The third kappa shape index (κ3) is 4.93.